The van der Waals surface area contributed by atoms with E-state index in [2.05, 4.69) is 21.2 Å². The highest BCUT2D eigenvalue weighted by Gasteiger charge is 2.14. The van der Waals surface area contributed by atoms with Crippen LogP contribution in [0.25, 0.3) is 0 Å². The first-order valence-corrected chi connectivity index (χ1v) is 5.99. The van der Waals surface area contributed by atoms with Crippen LogP contribution in [0.1, 0.15) is 6.92 Å². The molecule has 0 fully saturated rings. The van der Waals surface area contributed by atoms with E-state index in [1.54, 1.807) is 11.9 Å². The third-order valence-electron chi connectivity index (χ3n) is 2.41. The van der Waals surface area contributed by atoms with Crippen molar-refractivity contribution in [1.29, 1.82) is 0 Å². The van der Waals surface area contributed by atoms with Crippen LogP contribution in [0.2, 0.25) is 0 Å². The van der Waals surface area contributed by atoms with Crippen molar-refractivity contribution in [3.05, 3.63) is 22.4 Å². The molecule has 1 rings (SSSR count). The third-order valence-corrected chi connectivity index (χ3v) is 3.01. The van der Waals surface area contributed by atoms with Crippen LogP contribution in [0.15, 0.2) is 16.6 Å². The van der Waals surface area contributed by atoms with Crippen LogP contribution in [0.4, 0.5) is 15.8 Å². The van der Waals surface area contributed by atoms with Gasteiger partial charge in [-0.25, -0.2) is 4.39 Å². The van der Waals surface area contributed by atoms with Crippen LogP contribution in [0, 0.1) is 5.82 Å². The van der Waals surface area contributed by atoms with Gasteiger partial charge in [-0.15, -0.1) is 0 Å². The van der Waals surface area contributed by atoms with Gasteiger partial charge in [0.2, 0.25) is 5.91 Å². The molecular weight excluding hydrogens is 289 g/mol. The number of nitrogen functional groups attached to an aromatic ring is 1. The molecule has 0 heterocycles. The van der Waals surface area contributed by atoms with E-state index < -0.39 is 5.82 Å². The monoisotopic (exact) mass is 303 g/mol. The van der Waals surface area contributed by atoms with Gasteiger partial charge < -0.3 is 16.0 Å². The SMILES string of the molecule is CCN(CC(=O)NC)c1cc(F)c(Br)cc1N. The molecule has 1 aromatic rings. The molecule has 0 aromatic heterocycles. The summed E-state index contributed by atoms with van der Waals surface area (Å²) >= 11 is 3.06. The van der Waals surface area contributed by atoms with Crippen LogP contribution >= 0.6 is 15.9 Å². The van der Waals surface area contributed by atoms with Crippen molar-refractivity contribution in [2.24, 2.45) is 0 Å². The van der Waals surface area contributed by atoms with Gasteiger partial charge in [0.1, 0.15) is 5.82 Å². The Bertz CT molecular complexity index is 425. The fourth-order valence-electron chi connectivity index (χ4n) is 1.45. The summed E-state index contributed by atoms with van der Waals surface area (Å²) in [7, 11) is 1.56. The van der Waals surface area contributed by atoms with Gasteiger partial charge in [-0.1, -0.05) is 0 Å². The van der Waals surface area contributed by atoms with Crippen LogP contribution < -0.4 is 16.0 Å². The average molecular weight is 304 g/mol. The Balaban J connectivity index is 3.03. The van der Waals surface area contributed by atoms with Crippen molar-refractivity contribution in [3.63, 3.8) is 0 Å². The van der Waals surface area contributed by atoms with Gasteiger partial charge in [0.05, 0.1) is 22.4 Å². The van der Waals surface area contributed by atoms with E-state index in [1.165, 1.54) is 12.1 Å². The number of nitrogens with one attached hydrogen (secondary N) is 1. The number of nitrogens with zero attached hydrogens (tertiary/aromatic N) is 1. The minimum Gasteiger partial charge on any atom is -0.397 e. The van der Waals surface area contributed by atoms with Crippen molar-refractivity contribution in [3.8, 4) is 0 Å². The zero-order chi connectivity index (χ0) is 13.0. The molecule has 0 aliphatic carbocycles. The lowest BCUT2D eigenvalue weighted by molar-refractivity contribution is -0.119. The van der Waals surface area contributed by atoms with Crippen LogP contribution in [-0.4, -0.2) is 26.0 Å². The predicted molar refractivity (Wildman–Crippen MR) is 70.5 cm³/mol. The highest BCUT2D eigenvalue weighted by molar-refractivity contribution is 9.10. The third kappa shape index (κ3) is 3.33. The lowest BCUT2D eigenvalue weighted by Crippen LogP contribution is -2.35. The Labute approximate surface area is 108 Å². The van der Waals surface area contributed by atoms with Gasteiger partial charge in [-0.3, -0.25) is 4.79 Å². The summed E-state index contributed by atoms with van der Waals surface area (Å²) in [5, 5.41) is 2.52. The maximum atomic E-state index is 13.4. The zero-order valence-electron chi connectivity index (χ0n) is 9.76. The highest BCUT2D eigenvalue weighted by Crippen LogP contribution is 2.29. The summed E-state index contributed by atoms with van der Waals surface area (Å²) in [5.74, 6) is -0.542. The number of halogens is 2. The van der Waals surface area contributed by atoms with E-state index in [-0.39, 0.29) is 12.5 Å². The van der Waals surface area contributed by atoms with Crippen molar-refractivity contribution in [2.75, 3.05) is 30.8 Å². The summed E-state index contributed by atoms with van der Waals surface area (Å²) in [4.78, 5) is 13.0. The summed E-state index contributed by atoms with van der Waals surface area (Å²) < 4.78 is 13.8. The number of hydrogen-bond acceptors (Lipinski definition) is 3. The maximum absolute atomic E-state index is 13.4. The zero-order valence-corrected chi connectivity index (χ0v) is 11.3. The Morgan fingerprint density at radius 1 is 1.59 bits per heavy atom. The Hall–Kier alpha value is -1.30. The molecule has 4 nitrogen and oxygen atoms in total. The molecule has 94 valence electrons. The summed E-state index contributed by atoms with van der Waals surface area (Å²) in [6, 6.07) is 2.82. The Kier molecular flexibility index (Phi) is 4.74. The van der Waals surface area contributed by atoms with Crippen LogP contribution in [0.5, 0.6) is 0 Å². The first-order valence-electron chi connectivity index (χ1n) is 5.19. The van der Waals surface area contributed by atoms with Crippen molar-refractivity contribution in [1.82, 2.24) is 5.32 Å². The van der Waals surface area contributed by atoms with Crippen LogP contribution in [0.3, 0.4) is 0 Å². The molecule has 17 heavy (non-hydrogen) atoms. The van der Waals surface area contributed by atoms with Crippen molar-refractivity contribution >= 4 is 33.2 Å². The van der Waals surface area contributed by atoms with Gasteiger partial charge >= 0.3 is 0 Å². The number of carbonyl (C=O) groups excluding carboxylic acids is 1. The first kappa shape index (κ1) is 13.8. The quantitative estimate of drug-likeness (QED) is 0.833. The molecule has 0 aliphatic heterocycles. The van der Waals surface area contributed by atoms with E-state index in [4.69, 9.17) is 5.73 Å². The van der Waals surface area contributed by atoms with Gasteiger partial charge in [-0.05, 0) is 28.9 Å². The molecule has 3 N–H and O–H groups in total. The molecule has 0 unspecified atom stereocenters. The van der Waals surface area contributed by atoms with E-state index in [0.29, 0.717) is 22.4 Å². The standard InChI is InChI=1S/C11H15BrFN3O/c1-3-16(6-11(17)15-2)10-5-8(13)7(12)4-9(10)14/h4-5H,3,6,14H2,1-2H3,(H,15,17). The van der Waals surface area contributed by atoms with Gasteiger partial charge in [0.25, 0.3) is 0 Å². The number of amides is 1. The summed E-state index contributed by atoms with van der Waals surface area (Å²) in [6.07, 6.45) is 0. The minimum atomic E-state index is -0.399. The lowest BCUT2D eigenvalue weighted by atomic mass is 10.2. The second-order valence-electron chi connectivity index (χ2n) is 3.51. The number of benzene rings is 1. The second-order valence-corrected chi connectivity index (χ2v) is 4.37. The normalized spacial score (nSPS) is 10.1. The van der Waals surface area contributed by atoms with E-state index in [0.717, 1.165) is 0 Å². The fraction of sp³-hybridized carbons (Fsp3) is 0.364. The Morgan fingerprint density at radius 2 is 2.24 bits per heavy atom. The van der Waals surface area contributed by atoms with E-state index in [9.17, 15) is 9.18 Å². The molecule has 0 spiro atoms. The molecule has 1 aromatic carbocycles. The van der Waals surface area contributed by atoms with Gasteiger partial charge in [0.15, 0.2) is 0 Å². The number of hydrogen-bond donors (Lipinski definition) is 2. The van der Waals surface area contributed by atoms with E-state index >= 15 is 0 Å². The number of nitrogens with two attached hydrogens (primary N) is 1. The summed E-state index contributed by atoms with van der Waals surface area (Å²) in [5.41, 5.74) is 6.77. The molecule has 0 bridgehead atoms. The molecule has 0 saturated carbocycles. The van der Waals surface area contributed by atoms with Gasteiger partial charge in [0, 0.05) is 19.7 Å². The van der Waals surface area contributed by atoms with Crippen molar-refractivity contribution in [2.45, 2.75) is 6.92 Å². The molecule has 0 atom stereocenters. The molecule has 0 saturated heterocycles. The smallest absolute Gasteiger partial charge is 0.239 e. The van der Waals surface area contributed by atoms with Crippen LogP contribution in [-0.2, 0) is 4.79 Å². The summed E-state index contributed by atoms with van der Waals surface area (Å²) in [6.45, 7) is 2.60. The van der Waals surface area contributed by atoms with Gasteiger partial charge in [-0.2, -0.15) is 0 Å². The van der Waals surface area contributed by atoms with E-state index in [1.807, 2.05) is 6.92 Å². The maximum Gasteiger partial charge on any atom is 0.239 e. The molecule has 0 radical (unpaired) electrons. The number of rotatable bonds is 4. The molecular formula is C11H15BrFN3O. The second kappa shape index (κ2) is 5.86. The first-order chi connectivity index (χ1) is 7.99. The molecule has 1 amide bonds. The highest BCUT2D eigenvalue weighted by atomic mass is 79.9. The largest absolute Gasteiger partial charge is 0.397 e. The molecule has 0 aliphatic rings. The topological polar surface area (TPSA) is 58.4 Å². The fourth-order valence-corrected chi connectivity index (χ4v) is 1.81. The molecule has 6 heteroatoms. The number of anilines is 2. The number of carbonyl (C=O) groups is 1. The lowest BCUT2D eigenvalue weighted by Gasteiger charge is -2.23. The predicted octanol–water partition coefficient (Wildman–Crippen LogP) is 1.74. The average Bonchev–Trinajstić information content (AvgIpc) is 2.30. The number of likely N-dealkylation sites (N-methyl/N-ethyl adjacent to an activating group) is 2. The van der Waals surface area contributed by atoms with Crippen molar-refractivity contribution < 1.29 is 9.18 Å². The Morgan fingerprint density at radius 3 is 2.76 bits per heavy atom. The minimum absolute atomic E-state index is 0.144.